The van der Waals surface area contributed by atoms with Crippen molar-refractivity contribution in [1.29, 1.82) is 5.41 Å². The van der Waals surface area contributed by atoms with E-state index in [0.29, 0.717) is 6.42 Å². The molecule has 1 aromatic heterocycles. The molecule has 1 amide bonds. The van der Waals surface area contributed by atoms with Gasteiger partial charge in [0, 0.05) is 29.9 Å². The number of hydrogen-bond donors (Lipinski definition) is 3. The molecular formula is C22H30N4O2. The van der Waals surface area contributed by atoms with Crippen molar-refractivity contribution in [2.75, 3.05) is 0 Å². The summed E-state index contributed by atoms with van der Waals surface area (Å²) in [6.07, 6.45) is 5.33. The molecule has 0 aliphatic carbocycles. The molecule has 1 atom stereocenters. The normalized spacial score (nSPS) is 12.3. The van der Waals surface area contributed by atoms with Crippen LogP contribution >= 0.6 is 0 Å². The molecule has 3 N–H and O–H groups in total. The summed E-state index contributed by atoms with van der Waals surface area (Å²) in [4.78, 5) is 11.1. The van der Waals surface area contributed by atoms with Crippen LogP contribution in [0.2, 0.25) is 0 Å². The predicted molar refractivity (Wildman–Crippen MR) is 112 cm³/mol. The number of benzene rings is 1. The topological polar surface area (TPSA) is 91.0 Å². The van der Waals surface area contributed by atoms with Crippen LogP contribution in [-0.4, -0.2) is 26.6 Å². The third kappa shape index (κ3) is 5.16. The minimum Gasteiger partial charge on any atom is -0.309 e. The molecule has 2 rings (SSSR count). The number of rotatable bonds is 9. The molecule has 0 saturated heterocycles. The fourth-order valence-corrected chi connectivity index (χ4v) is 3.57. The molecule has 0 aliphatic rings. The summed E-state index contributed by atoms with van der Waals surface area (Å²) in [6.45, 7) is 9.20. The van der Waals surface area contributed by atoms with Gasteiger partial charge in [0.2, 0.25) is 0 Å². The van der Waals surface area contributed by atoms with Gasteiger partial charge < -0.3 is 5.41 Å². The fraction of sp³-hybridized carbons (Fsp3) is 0.409. The Bertz CT molecular complexity index is 850. The van der Waals surface area contributed by atoms with Crippen LogP contribution in [0, 0.1) is 19.3 Å². The number of amides is 1. The molecule has 0 unspecified atom stereocenters. The van der Waals surface area contributed by atoms with E-state index in [4.69, 9.17) is 10.6 Å². The van der Waals surface area contributed by atoms with Gasteiger partial charge in [0.05, 0.1) is 5.69 Å². The summed E-state index contributed by atoms with van der Waals surface area (Å²) in [5.41, 5.74) is 7.78. The van der Waals surface area contributed by atoms with Gasteiger partial charge in [-0.15, -0.1) is 0 Å². The average molecular weight is 383 g/mol. The summed E-state index contributed by atoms with van der Waals surface area (Å²) in [5.74, 6) is -0.477. The lowest BCUT2D eigenvalue weighted by atomic mass is 9.88. The Hall–Kier alpha value is -2.73. The zero-order valence-electron chi connectivity index (χ0n) is 17.1. The molecule has 150 valence electrons. The Balaban J connectivity index is 2.06. The van der Waals surface area contributed by atoms with Crippen LogP contribution in [-0.2, 0) is 17.8 Å². The number of nitrogens with one attached hydrogen (secondary N) is 2. The molecule has 1 aromatic carbocycles. The van der Waals surface area contributed by atoms with Gasteiger partial charge in [0.15, 0.2) is 0 Å². The minimum atomic E-state index is -0.561. The first-order chi connectivity index (χ1) is 13.4. The van der Waals surface area contributed by atoms with E-state index < -0.39 is 5.91 Å². The molecule has 0 spiro atoms. The van der Waals surface area contributed by atoms with E-state index >= 15 is 0 Å². The van der Waals surface area contributed by atoms with E-state index in [1.54, 1.807) is 11.6 Å². The van der Waals surface area contributed by atoms with Crippen molar-refractivity contribution in [2.45, 2.75) is 59.4 Å². The number of aryl methyl sites for hydroxylation is 2. The van der Waals surface area contributed by atoms with Gasteiger partial charge in [-0.2, -0.15) is 5.10 Å². The third-order valence-electron chi connectivity index (χ3n) is 5.18. The van der Waals surface area contributed by atoms with Crippen molar-refractivity contribution in [1.82, 2.24) is 15.3 Å². The van der Waals surface area contributed by atoms with Gasteiger partial charge in [-0.3, -0.25) is 14.7 Å². The van der Waals surface area contributed by atoms with Crippen molar-refractivity contribution >= 4 is 17.7 Å². The number of carbonyl (C=O) groups excluding carboxylic acids is 1. The Kier molecular flexibility index (Phi) is 7.70. The third-order valence-corrected chi connectivity index (χ3v) is 5.18. The lowest BCUT2D eigenvalue weighted by Gasteiger charge is -2.17. The van der Waals surface area contributed by atoms with Gasteiger partial charge in [0.25, 0.3) is 5.91 Å². The molecule has 28 heavy (non-hydrogen) atoms. The van der Waals surface area contributed by atoms with Crippen LogP contribution in [0.15, 0.2) is 30.3 Å². The summed E-state index contributed by atoms with van der Waals surface area (Å²) in [5, 5.41) is 21.7. The molecule has 0 aliphatic heterocycles. The lowest BCUT2D eigenvalue weighted by Crippen LogP contribution is -2.14. The summed E-state index contributed by atoms with van der Waals surface area (Å²) >= 11 is 0. The van der Waals surface area contributed by atoms with E-state index in [-0.39, 0.29) is 5.92 Å². The molecular weight excluding hydrogens is 352 g/mol. The highest BCUT2D eigenvalue weighted by atomic mass is 16.5. The first-order valence-electron chi connectivity index (χ1n) is 9.73. The van der Waals surface area contributed by atoms with E-state index in [1.807, 2.05) is 35.9 Å². The molecule has 0 bridgehead atoms. The lowest BCUT2D eigenvalue weighted by molar-refractivity contribution is -0.124. The smallest absolute Gasteiger partial charge is 0.267 e. The van der Waals surface area contributed by atoms with Crippen molar-refractivity contribution in [3.05, 3.63) is 58.4 Å². The summed E-state index contributed by atoms with van der Waals surface area (Å²) in [7, 11) is 0. The monoisotopic (exact) mass is 382 g/mol. The van der Waals surface area contributed by atoms with Crippen LogP contribution in [0.3, 0.4) is 0 Å². The number of nitrogens with zero attached hydrogens (tertiary/aromatic N) is 2. The van der Waals surface area contributed by atoms with E-state index in [9.17, 15) is 4.79 Å². The number of hydroxylamine groups is 1. The van der Waals surface area contributed by atoms with Crippen LogP contribution in [0.25, 0.3) is 6.08 Å². The maximum atomic E-state index is 11.1. The second-order valence-corrected chi connectivity index (χ2v) is 6.93. The highest BCUT2D eigenvalue weighted by Gasteiger charge is 2.17. The van der Waals surface area contributed by atoms with Gasteiger partial charge in [-0.1, -0.05) is 31.2 Å². The van der Waals surface area contributed by atoms with Crippen molar-refractivity contribution < 1.29 is 10.0 Å². The number of carbonyl (C=O) groups is 1. The first kappa shape index (κ1) is 21.6. The van der Waals surface area contributed by atoms with Crippen LogP contribution < -0.4 is 5.48 Å². The zero-order chi connectivity index (χ0) is 20.7. The van der Waals surface area contributed by atoms with Gasteiger partial charge >= 0.3 is 0 Å². The first-order valence-corrected chi connectivity index (χ1v) is 9.73. The van der Waals surface area contributed by atoms with Crippen LogP contribution in [0.5, 0.6) is 0 Å². The van der Waals surface area contributed by atoms with Crippen molar-refractivity contribution in [3.63, 3.8) is 0 Å². The molecule has 0 saturated carbocycles. The predicted octanol–water partition coefficient (Wildman–Crippen LogP) is 4.18. The molecule has 6 nitrogen and oxygen atoms in total. The van der Waals surface area contributed by atoms with Crippen LogP contribution in [0.4, 0.5) is 0 Å². The van der Waals surface area contributed by atoms with E-state index in [0.717, 1.165) is 41.9 Å². The number of aromatic nitrogens is 2. The SMILES string of the molecule is CC[C@H](C(=N)CCc1c(C)nn(CC)c1C)c1ccc(/C=C/C(=O)NO)cc1. The molecule has 1 heterocycles. The second-order valence-electron chi connectivity index (χ2n) is 6.93. The minimum absolute atomic E-state index is 0.0839. The quantitative estimate of drug-likeness (QED) is 0.263. The second kappa shape index (κ2) is 9.99. The summed E-state index contributed by atoms with van der Waals surface area (Å²) in [6, 6.07) is 7.85. The van der Waals surface area contributed by atoms with Gasteiger partial charge in [-0.25, -0.2) is 5.48 Å². The van der Waals surface area contributed by atoms with E-state index in [2.05, 4.69) is 25.9 Å². The Morgan fingerprint density at radius 3 is 2.50 bits per heavy atom. The molecule has 6 heteroatoms. The van der Waals surface area contributed by atoms with Gasteiger partial charge in [-0.05, 0) is 62.8 Å². The number of hydrogen-bond acceptors (Lipinski definition) is 4. The molecule has 0 fully saturated rings. The van der Waals surface area contributed by atoms with Crippen molar-refractivity contribution in [2.24, 2.45) is 0 Å². The Morgan fingerprint density at radius 2 is 1.96 bits per heavy atom. The Morgan fingerprint density at radius 1 is 1.29 bits per heavy atom. The van der Waals surface area contributed by atoms with E-state index in [1.165, 1.54) is 17.3 Å². The Labute approximate surface area is 166 Å². The standard InChI is InChI=1S/C22H30N4O2/c1-5-19(18-10-7-17(8-11-18)9-14-22(27)25-28)21(23)13-12-20-15(3)24-26(6-2)16(20)4/h7-11,14,19,23,28H,5-6,12-13H2,1-4H3,(H,25,27)/b14-9+,23-21?/t19-/m0/s1. The van der Waals surface area contributed by atoms with Crippen LogP contribution in [0.1, 0.15) is 60.7 Å². The summed E-state index contributed by atoms with van der Waals surface area (Å²) < 4.78 is 2.02. The highest BCUT2D eigenvalue weighted by Crippen LogP contribution is 2.25. The zero-order valence-corrected chi connectivity index (χ0v) is 17.1. The maximum Gasteiger partial charge on any atom is 0.267 e. The van der Waals surface area contributed by atoms with Gasteiger partial charge in [0.1, 0.15) is 0 Å². The fourth-order valence-electron chi connectivity index (χ4n) is 3.57. The molecule has 2 aromatic rings. The maximum absolute atomic E-state index is 11.1. The highest BCUT2D eigenvalue weighted by molar-refractivity contribution is 5.91. The average Bonchev–Trinajstić information content (AvgIpc) is 2.98. The molecule has 0 radical (unpaired) electrons. The van der Waals surface area contributed by atoms with Crippen molar-refractivity contribution in [3.8, 4) is 0 Å². The largest absolute Gasteiger partial charge is 0.309 e.